The Morgan fingerprint density at radius 2 is 0.525 bits per heavy atom. The standard InChI is InChI=1S/C70H106Br2N2S6/c1-5-9-13-17-21-25-29-33-37-41-45-55-53-63(71)77-65(55)59-49-51-61(75-59)69-73-57(47-43-39-35-31-27-23-19-15-11-7-3)67(79-69)68-58(48-44-40-36-32-28-24-20-16-12-8-4)74-70(80-68)62-52-50-60(76-62)66-56(54-64(72)78-66)46-42-38-34-30-26-22-18-14-10-6-2/h49-54H,5-48H2,1-4H3. The molecule has 0 aromatic carbocycles. The smallest absolute Gasteiger partial charge is 0.134 e. The van der Waals surface area contributed by atoms with Gasteiger partial charge in [-0.1, -0.05) is 259 Å². The van der Waals surface area contributed by atoms with E-state index in [1.165, 1.54) is 336 Å². The number of nitrogens with zero attached hydrogens (tertiary/aromatic N) is 2. The predicted octanol–water partition coefficient (Wildman–Crippen LogP) is 28.6. The number of hydrogen-bond acceptors (Lipinski definition) is 8. The molecule has 0 unspecified atom stereocenters. The van der Waals surface area contributed by atoms with E-state index in [4.69, 9.17) is 9.97 Å². The quantitative estimate of drug-likeness (QED) is 0.0356. The summed E-state index contributed by atoms with van der Waals surface area (Å²) in [5.74, 6) is 0. The maximum atomic E-state index is 5.67. The van der Waals surface area contributed by atoms with Gasteiger partial charge in [0.25, 0.3) is 0 Å². The van der Waals surface area contributed by atoms with Crippen molar-refractivity contribution in [3.63, 3.8) is 0 Å². The fourth-order valence-corrected chi connectivity index (χ4v) is 19.7. The molecule has 0 radical (unpaired) electrons. The molecule has 80 heavy (non-hydrogen) atoms. The molecule has 0 amide bonds. The highest BCUT2D eigenvalue weighted by Crippen LogP contribution is 2.49. The first-order chi connectivity index (χ1) is 39.4. The molecule has 0 N–H and O–H groups in total. The Labute approximate surface area is 530 Å². The second-order valence-corrected chi connectivity index (χ2v) is 32.5. The topological polar surface area (TPSA) is 25.8 Å². The van der Waals surface area contributed by atoms with Crippen molar-refractivity contribution >= 4 is 99.9 Å². The predicted molar refractivity (Wildman–Crippen MR) is 374 cm³/mol. The first-order valence-corrected chi connectivity index (χ1v) is 39.7. The Morgan fingerprint density at radius 3 is 0.812 bits per heavy atom. The summed E-state index contributed by atoms with van der Waals surface area (Å²) >= 11 is 19.5. The van der Waals surface area contributed by atoms with Gasteiger partial charge in [0.05, 0.1) is 38.5 Å². The van der Waals surface area contributed by atoms with Gasteiger partial charge in [0.2, 0.25) is 0 Å². The molecule has 0 spiro atoms. The highest BCUT2D eigenvalue weighted by Gasteiger charge is 2.24. The lowest BCUT2D eigenvalue weighted by Crippen LogP contribution is -1.93. The van der Waals surface area contributed by atoms with E-state index in [0.717, 1.165) is 25.7 Å². The van der Waals surface area contributed by atoms with Crippen molar-refractivity contribution in [1.29, 1.82) is 0 Å². The Bertz CT molecular complexity index is 2330. The summed E-state index contributed by atoms with van der Waals surface area (Å²) in [5, 5.41) is 2.39. The number of halogens is 2. The molecule has 0 fully saturated rings. The molecule has 2 nitrogen and oxygen atoms in total. The van der Waals surface area contributed by atoms with E-state index in [9.17, 15) is 0 Å². The molecule has 0 aliphatic rings. The zero-order chi connectivity index (χ0) is 56.2. The molecular formula is C70H106Br2N2S6. The van der Waals surface area contributed by atoms with Gasteiger partial charge >= 0.3 is 0 Å². The van der Waals surface area contributed by atoms with Crippen molar-refractivity contribution in [2.75, 3.05) is 0 Å². The molecular weight excluding hydrogens is 1220 g/mol. The van der Waals surface area contributed by atoms with Gasteiger partial charge in [-0.3, -0.25) is 0 Å². The summed E-state index contributed by atoms with van der Waals surface area (Å²) < 4.78 is 2.50. The van der Waals surface area contributed by atoms with Gasteiger partial charge in [-0.05, 0) is 131 Å². The third-order valence-corrected chi connectivity index (χ3v) is 25.0. The largest absolute Gasteiger partial charge is 0.240 e. The van der Waals surface area contributed by atoms with E-state index in [-0.39, 0.29) is 0 Å². The monoisotopic (exact) mass is 1320 g/mol. The van der Waals surface area contributed by atoms with Crippen molar-refractivity contribution in [3.8, 4) is 49.0 Å². The average Bonchev–Trinajstić information content (AvgIpc) is 4.37. The Balaban J connectivity index is 1.20. The molecule has 0 aliphatic carbocycles. The fourth-order valence-electron chi connectivity index (χ4n) is 11.5. The van der Waals surface area contributed by atoms with Crippen LogP contribution in [0.5, 0.6) is 0 Å². The molecule has 6 heterocycles. The normalized spacial score (nSPS) is 11.8. The Hall–Kier alpha value is -0.980. The molecule has 0 bridgehead atoms. The molecule has 0 saturated carbocycles. The van der Waals surface area contributed by atoms with Gasteiger partial charge in [-0.2, -0.15) is 0 Å². The molecule has 0 atom stereocenters. The molecule has 446 valence electrons. The van der Waals surface area contributed by atoms with Gasteiger partial charge in [-0.15, -0.1) is 68.0 Å². The second-order valence-electron chi connectivity index (χ2n) is 23.5. The van der Waals surface area contributed by atoms with E-state index in [0.29, 0.717) is 0 Å². The molecule has 6 aromatic heterocycles. The Kier molecular flexibility index (Phi) is 35.7. The summed E-state index contributed by atoms with van der Waals surface area (Å²) in [6.07, 6.45) is 59.0. The highest BCUT2D eigenvalue weighted by atomic mass is 79.9. The van der Waals surface area contributed by atoms with Gasteiger partial charge in [0.1, 0.15) is 10.0 Å². The summed E-state index contributed by atoms with van der Waals surface area (Å²) in [7, 11) is 0. The maximum Gasteiger partial charge on any atom is 0.134 e. The molecule has 0 saturated heterocycles. The first-order valence-electron chi connectivity index (χ1n) is 33.2. The van der Waals surface area contributed by atoms with E-state index in [1.54, 1.807) is 0 Å². The van der Waals surface area contributed by atoms with Gasteiger partial charge < -0.3 is 0 Å². The van der Waals surface area contributed by atoms with Crippen LogP contribution in [-0.2, 0) is 25.7 Å². The van der Waals surface area contributed by atoms with Crippen LogP contribution in [0.2, 0.25) is 0 Å². The van der Waals surface area contributed by atoms with Gasteiger partial charge in [0.15, 0.2) is 0 Å². The van der Waals surface area contributed by atoms with Crippen molar-refractivity contribution < 1.29 is 0 Å². The van der Waals surface area contributed by atoms with Crippen molar-refractivity contribution in [2.24, 2.45) is 0 Å². The van der Waals surface area contributed by atoms with E-state index >= 15 is 0 Å². The number of rotatable bonds is 49. The van der Waals surface area contributed by atoms with E-state index in [1.807, 2.05) is 68.0 Å². The van der Waals surface area contributed by atoms with Crippen LogP contribution in [0, 0.1) is 0 Å². The Morgan fingerprint density at radius 1 is 0.275 bits per heavy atom. The highest BCUT2D eigenvalue weighted by molar-refractivity contribution is 9.11. The summed E-state index contributed by atoms with van der Waals surface area (Å²) in [4.78, 5) is 22.5. The van der Waals surface area contributed by atoms with Crippen LogP contribution < -0.4 is 0 Å². The number of thiazole rings is 2. The van der Waals surface area contributed by atoms with Crippen molar-refractivity contribution in [3.05, 3.63) is 66.5 Å². The third-order valence-electron chi connectivity index (χ3n) is 16.4. The molecule has 0 aliphatic heterocycles. The average molecular weight is 1330 g/mol. The number of aryl methyl sites for hydroxylation is 4. The minimum absolute atomic E-state index is 1.05. The fraction of sp³-hybridized carbons (Fsp3) is 0.686. The lowest BCUT2D eigenvalue weighted by Gasteiger charge is -2.05. The number of thiophene rings is 4. The minimum Gasteiger partial charge on any atom is -0.240 e. The minimum atomic E-state index is 1.05. The van der Waals surface area contributed by atoms with Crippen LogP contribution in [-0.4, -0.2) is 9.97 Å². The third kappa shape index (κ3) is 25.2. The summed E-state index contributed by atoms with van der Waals surface area (Å²) in [6.45, 7) is 9.26. The number of hydrogen-bond donors (Lipinski definition) is 0. The van der Waals surface area contributed by atoms with Crippen LogP contribution in [0.3, 0.4) is 0 Å². The maximum absolute atomic E-state index is 5.67. The zero-order valence-electron chi connectivity index (χ0n) is 50.7. The zero-order valence-corrected chi connectivity index (χ0v) is 58.7. The second kappa shape index (κ2) is 42.0. The summed E-state index contributed by atoms with van der Waals surface area (Å²) in [5.41, 5.74) is 5.65. The summed E-state index contributed by atoms with van der Waals surface area (Å²) in [6, 6.07) is 14.4. The molecule has 10 heteroatoms. The molecule has 6 rings (SSSR count). The van der Waals surface area contributed by atoms with Crippen LogP contribution >= 0.6 is 99.9 Å². The van der Waals surface area contributed by atoms with Crippen LogP contribution in [0.15, 0.2) is 44.0 Å². The SMILES string of the molecule is CCCCCCCCCCCCc1cc(Br)sc1-c1ccc(-c2nc(CCCCCCCCCCCC)c(-c3sc(-c4ccc(-c5sc(Br)cc5CCCCCCCCCCCC)s4)nc3CCCCCCCCCCCC)s2)s1. The number of unbranched alkanes of at least 4 members (excludes halogenated alkanes) is 36. The van der Waals surface area contributed by atoms with E-state index in [2.05, 4.69) is 96.0 Å². The van der Waals surface area contributed by atoms with Crippen LogP contribution in [0.25, 0.3) is 49.0 Å². The first kappa shape index (κ1) is 68.1. The van der Waals surface area contributed by atoms with Crippen molar-refractivity contribution in [2.45, 2.75) is 310 Å². The lowest BCUT2D eigenvalue weighted by atomic mass is 10.0. The molecule has 6 aromatic rings. The lowest BCUT2D eigenvalue weighted by molar-refractivity contribution is 0.555. The van der Waals surface area contributed by atoms with Gasteiger partial charge in [-0.25, -0.2) is 9.97 Å². The van der Waals surface area contributed by atoms with E-state index < -0.39 is 0 Å². The van der Waals surface area contributed by atoms with Crippen LogP contribution in [0.1, 0.15) is 307 Å². The van der Waals surface area contributed by atoms with Gasteiger partial charge in [0, 0.05) is 19.5 Å². The number of aromatic nitrogens is 2. The van der Waals surface area contributed by atoms with Crippen molar-refractivity contribution in [1.82, 2.24) is 9.97 Å². The van der Waals surface area contributed by atoms with Crippen LogP contribution in [0.4, 0.5) is 0 Å².